The predicted molar refractivity (Wildman–Crippen MR) is 93.2 cm³/mol. The predicted octanol–water partition coefficient (Wildman–Crippen LogP) is 2.64. The molecular formula is C19H28N2O3. The number of amides is 1. The second kappa shape index (κ2) is 7.99. The summed E-state index contributed by atoms with van der Waals surface area (Å²) in [6.45, 7) is 1.85. The Morgan fingerprint density at radius 3 is 2.71 bits per heavy atom. The van der Waals surface area contributed by atoms with E-state index in [0.29, 0.717) is 25.3 Å². The van der Waals surface area contributed by atoms with Gasteiger partial charge in [0.1, 0.15) is 5.75 Å². The zero-order chi connectivity index (χ0) is 16.8. The molecule has 1 aliphatic carbocycles. The molecule has 0 radical (unpaired) electrons. The lowest BCUT2D eigenvalue weighted by molar-refractivity contribution is -0.0246. The fourth-order valence-electron chi connectivity index (χ4n) is 3.73. The van der Waals surface area contributed by atoms with E-state index in [4.69, 9.17) is 15.2 Å². The quantitative estimate of drug-likeness (QED) is 0.786. The third-order valence-corrected chi connectivity index (χ3v) is 5.04. The van der Waals surface area contributed by atoms with Gasteiger partial charge in [0.2, 0.25) is 0 Å². The molecule has 1 saturated carbocycles. The topological polar surface area (TPSA) is 73.6 Å². The summed E-state index contributed by atoms with van der Waals surface area (Å²) < 4.78 is 11.6. The SMILES string of the molecule is NCCCOc1ccc(C(=O)NC2COC3(CCCCC3)C2)cc1. The molecule has 1 aromatic rings. The summed E-state index contributed by atoms with van der Waals surface area (Å²) in [7, 11) is 0. The van der Waals surface area contributed by atoms with Gasteiger partial charge in [0.25, 0.3) is 5.91 Å². The molecule has 3 rings (SSSR count). The van der Waals surface area contributed by atoms with Crippen LogP contribution >= 0.6 is 0 Å². The highest BCUT2D eigenvalue weighted by Gasteiger charge is 2.41. The van der Waals surface area contributed by atoms with Crippen LogP contribution in [0.2, 0.25) is 0 Å². The molecule has 2 fully saturated rings. The third-order valence-electron chi connectivity index (χ3n) is 5.04. The van der Waals surface area contributed by atoms with E-state index in [1.165, 1.54) is 19.3 Å². The monoisotopic (exact) mass is 332 g/mol. The van der Waals surface area contributed by atoms with Gasteiger partial charge in [-0.3, -0.25) is 4.79 Å². The molecular weight excluding hydrogens is 304 g/mol. The molecule has 1 spiro atoms. The minimum atomic E-state index is -0.0371. The number of benzene rings is 1. The van der Waals surface area contributed by atoms with Crippen molar-refractivity contribution < 1.29 is 14.3 Å². The first kappa shape index (κ1) is 17.2. The Balaban J connectivity index is 1.50. The molecule has 0 aromatic heterocycles. The standard InChI is InChI=1S/C19H28N2O3/c20-11-4-12-23-17-7-5-15(6-8-17)18(22)21-16-13-19(24-14-16)9-2-1-3-10-19/h5-8,16H,1-4,9-14,20H2,(H,21,22). The average molecular weight is 332 g/mol. The van der Waals surface area contributed by atoms with Crippen molar-refractivity contribution in [3.8, 4) is 5.75 Å². The lowest BCUT2D eigenvalue weighted by Gasteiger charge is -2.32. The van der Waals surface area contributed by atoms with Crippen LogP contribution in [0.25, 0.3) is 0 Å². The number of carbonyl (C=O) groups excluding carboxylic acids is 1. The summed E-state index contributed by atoms with van der Waals surface area (Å²) in [6.07, 6.45) is 7.83. The molecule has 0 bridgehead atoms. The van der Waals surface area contributed by atoms with E-state index >= 15 is 0 Å². The molecule has 1 amide bonds. The molecule has 1 saturated heterocycles. The zero-order valence-electron chi connectivity index (χ0n) is 14.3. The van der Waals surface area contributed by atoms with Gasteiger partial charge in [0.15, 0.2) is 0 Å². The van der Waals surface area contributed by atoms with Crippen molar-refractivity contribution in [3.05, 3.63) is 29.8 Å². The fraction of sp³-hybridized carbons (Fsp3) is 0.632. The van der Waals surface area contributed by atoms with Crippen LogP contribution in [0.3, 0.4) is 0 Å². The van der Waals surface area contributed by atoms with Gasteiger partial charge < -0.3 is 20.5 Å². The van der Waals surface area contributed by atoms with Gasteiger partial charge in [0, 0.05) is 5.56 Å². The van der Waals surface area contributed by atoms with E-state index in [1.807, 2.05) is 12.1 Å². The van der Waals surface area contributed by atoms with Crippen LogP contribution in [0.5, 0.6) is 5.75 Å². The lowest BCUT2D eigenvalue weighted by Crippen LogP contribution is -2.37. The largest absolute Gasteiger partial charge is 0.494 e. The van der Waals surface area contributed by atoms with Gasteiger partial charge in [-0.05, 0) is 56.5 Å². The molecule has 1 atom stereocenters. The lowest BCUT2D eigenvalue weighted by atomic mass is 9.82. The van der Waals surface area contributed by atoms with E-state index in [2.05, 4.69) is 5.32 Å². The number of carbonyl (C=O) groups is 1. The molecule has 5 nitrogen and oxygen atoms in total. The maximum Gasteiger partial charge on any atom is 0.251 e. The van der Waals surface area contributed by atoms with Crippen molar-refractivity contribution >= 4 is 5.91 Å². The molecule has 5 heteroatoms. The Hall–Kier alpha value is -1.59. The fourth-order valence-corrected chi connectivity index (χ4v) is 3.73. The van der Waals surface area contributed by atoms with Crippen LogP contribution in [-0.2, 0) is 4.74 Å². The summed E-state index contributed by atoms with van der Waals surface area (Å²) in [6, 6.07) is 7.40. The minimum Gasteiger partial charge on any atom is -0.494 e. The summed E-state index contributed by atoms with van der Waals surface area (Å²) in [5, 5.41) is 3.12. The van der Waals surface area contributed by atoms with Gasteiger partial charge in [-0.2, -0.15) is 0 Å². The molecule has 24 heavy (non-hydrogen) atoms. The van der Waals surface area contributed by atoms with Crippen molar-refractivity contribution in [3.63, 3.8) is 0 Å². The first-order valence-electron chi connectivity index (χ1n) is 9.09. The molecule has 1 aliphatic heterocycles. The van der Waals surface area contributed by atoms with Crippen molar-refractivity contribution in [1.82, 2.24) is 5.32 Å². The second-order valence-corrected chi connectivity index (χ2v) is 6.94. The van der Waals surface area contributed by atoms with E-state index < -0.39 is 0 Å². The van der Waals surface area contributed by atoms with Crippen molar-refractivity contribution in [2.45, 2.75) is 56.6 Å². The Morgan fingerprint density at radius 2 is 2.00 bits per heavy atom. The Bertz CT molecular complexity index is 538. The maximum absolute atomic E-state index is 12.4. The number of hydrogen-bond acceptors (Lipinski definition) is 4. The summed E-state index contributed by atoms with van der Waals surface area (Å²) in [4.78, 5) is 12.4. The smallest absolute Gasteiger partial charge is 0.251 e. The van der Waals surface area contributed by atoms with E-state index in [-0.39, 0.29) is 17.6 Å². The third kappa shape index (κ3) is 4.28. The van der Waals surface area contributed by atoms with E-state index in [9.17, 15) is 4.79 Å². The summed E-state index contributed by atoms with van der Waals surface area (Å²) in [5.41, 5.74) is 6.13. The van der Waals surface area contributed by atoms with E-state index in [1.54, 1.807) is 12.1 Å². The number of ether oxygens (including phenoxy) is 2. The first-order chi connectivity index (χ1) is 11.7. The Labute approximate surface area is 143 Å². The Kier molecular flexibility index (Phi) is 5.74. The number of nitrogens with two attached hydrogens (primary N) is 1. The average Bonchev–Trinajstić information content (AvgIpc) is 2.98. The molecule has 1 aromatic carbocycles. The highest BCUT2D eigenvalue weighted by molar-refractivity contribution is 5.94. The van der Waals surface area contributed by atoms with Crippen molar-refractivity contribution in [2.24, 2.45) is 5.73 Å². The summed E-state index contributed by atoms with van der Waals surface area (Å²) in [5.74, 6) is 0.732. The normalized spacial score (nSPS) is 22.5. The van der Waals surface area contributed by atoms with Crippen LogP contribution < -0.4 is 15.8 Å². The first-order valence-corrected chi connectivity index (χ1v) is 9.09. The molecule has 1 heterocycles. The number of rotatable bonds is 6. The van der Waals surface area contributed by atoms with Gasteiger partial charge in [-0.1, -0.05) is 19.3 Å². The number of hydrogen-bond donors (Lipinski definition) is 2. The van der Waals surface area contributed by atoms with Crippen LogP contribution in [0.15, 0.2) is 24.3 Å². The number of nitrogens with one attached hydrogen (secondary N) is 1. The van der Waals surface area contributed by atoms with Crippen molar-refractivity contribution in [1.29, 1.82) is 0 Å². The van der Waals surface area contributed by atoms with Crippen molar-refractivity contribution in [2.75, 3.05) is 19.8 Å². The van der Waals surface area contributed by atoms with Gasteiger partial charge >= 0.3 is 0 Å². The second-order valence-electron chi connectivity index (χ2n) is 6.94. The highest BCUT2D eigenvalue weighted by Crippen LogP contribution is 2.39. The van der Waals surface area contributed by atoms with Gasteiger partial charge in [-0.25, -0.2) is 0 Å². The van der Waals surface area contributed by atoms with Crippen LogP contribution in [0.4, 0.5) is 0 Å². The van der Waals surface area contributed by atoms with Gasteiger partial charge in [0.05, 0.1) is 24.9 Å². The Morgan fingerprint density at radius 1 is 1.25 bits per heavy atom. The molecule has 132 valence electrons. The van der Waals surface area contributed by atoms with E-state index in [0.717, 1.165) is 31.4 Å². The summed E-state index contributed by atoms with van der Waals surface area (Å²) >= 11 is 0. The molecule has 2 aliphatic rings. The van der Waals surface area contributed by atoms with Crippen LogP contribution in [0.1, 0.15) is 55.3 Å². The minimum absolute atomic E-state index is 0.0247. The van der Waals surface area contributed by atoms with Crippen LogP contribution in [0, 0.1) is 0 Å². The highest BCUT2D eigenvalue weighted by atomic mass is 16.5. The molecule has 3 N–H and O–H groups in total. The zero-order valence-corrected chi connectivity index (χ0v) is 14.3. The van der Waals surface area contributed by atoms with Crippen LogP contribution in [-0.4, -0.2) is 37.3 Å². The van der Waals surface area contributed by atoms with Gasteiger partial charge in [-0.15, -0.1) is 0 Å². The molecule has 1 unspecified atom stereocenters. The maximum atomic E-state index is 12.4.